The number of benzene rings is 2. The van der Waals surface area contributed by atoms with Gasteiger partial charge in [-0.05, 0) is 29.7 Å². The number of carbonyl (C=O) groups excluding carboxylic acids is 2. The Morgan fingerprint density at radius 2 is 1.70 bits per heavy atom. The maximum Gasteiger partial charge on any atom is 0.407 e. The van der Waals surface area contributed by atoms with E-state index in [-0.39, 0.29) is 31.0 Å². The SMILES string of the molecule is COCCOCCOCCOC(=O)NC1CCN(CC(c2ccccc2)N(C)C(=O)Cc2ccc(Cl)c(Cl)c2)C1. The van der Waals surface area contributed by atoms with Crippen molar-refractivity contribution in [2.24, 2.45) is 0 Å². The summed E-state index contributed by atoms with van der Waals surface area (Å²) in [4.78, 5) is 29.6. The maximum absolute atomic E-state index is 13.3. The minimum atomic E-state index is -0.458. The third-order valence-electron chi connectivity index (χ3n) is 6.67. The molecule has 0 bridgehead atoms. The monoisotopic (exact) mass is 595 g/mol. The van der Waals surface area contributed by atoms with Gasteiger partial charge in [-0.25, -0.2) is 4.79 Å². The molecule has 2 unspecified atom stereocenters. The van der Waals surface area contributed by atoms with Crippen LogP contribution in [0.5, 0.6) is 0 Å². The number of alkyl carbamates (subject to hydrolysis) is 1. The van der Waals surface area contributed by atoms with Gasteiger partial charge in [0.2, 0.25) is 5.91 Å². The Hall–Kier alpha value is -2.40. The van der Waals surface area contributed by atoms with Crippen molar-refractivity contribution in [1.82, 2.24) is 15.1 Å². The van der Waals surface area contributed by atoms with Crippen molar-refractivity contribution in [3.63, 3.8) is 0 Å². The molecular weight excluding hydrogens is 557 g/mol. The zero-order valence-electron chi connectivity index (χ0n) is 23.2. The van der Waals surface area contributed by atoms with Gasteiger partial charge in [-0.1, -0.05) is 59.6 Å². The van der Waals surface area contributed by atoms with Gasteiger partial charge in [-0.3, -0.25) is 9.69 Å². The first kappa shape index (κ1) is 32.1. The second-order valence-corrected chi connectivity index (χ2v) is 10.4. The van der Waals surface area contributed by atoms with E-state index >= 15 is 0 Å². The lowest BCUT2D eigenvalue weighted by Gasteiger charge is -2.32. The van der Waals surface area contributed by atoms with Crippen LogP contribution < -0.4 is 5.32 Å². The number of carbonyl (C=O) groups is 2. The summed E-state index contributed by atoms with van der Waals surface area (Å²) in [6.45, 7) is 4.55. The van der Waals surface area contributed by atoms with Crippen LogP contribution in [0.4, 0.5) is 4.79 Å². The molecule has 2 amide bonds. The van der Waals surface area contributed by atoms with Crippen LogP contribution in [-0.2, 0) is 30.2 Å². The quantitative estimate of drug-likeness (QED) is 0.291. The largest absolute Gasteiger partial charge is 0.447 e. The standard InChI is InChI=1S/C29H39Cl2N3O6/c1-33(28(35)19-22-8-9-25(30)26(31)18-22)27(23-6-4-3-5-7-23)21-34-11-10-24(20-34)32-29(36)40-17-16-39-15-14-38-13-12-37-2/h3-9,18,24,27H,10-17,19-21H2,1-2H3,(H,32,36). The molecule has 1 N–H and O–H groups in total. The normalized spacial score (nSPS) is 16.1. The third-order valence-corrected chi connectivity index (χ3v) is 7.41. The Morgan fingerprint density at radius 1 is 1.00 bits per heavy atom. The first-order valence-electron chi connectivity index (χ1n) is 13.4. The summed E-state index contributed by atoms with van der Waals surface area (Å²) in [7, 11) is 3.45. The number of hydrogen-bond donors (Lipinski definition) is 1. The van der Waals surface area contributed by atoms with Crippen LogP contribution in [-0.4, -0.2) is 101 Å². The zero-order valence-corrected chi connectivity index (χ0v) is 24.7. The molecule has 0 aromatic heterocycles. The lowest BCUT2D eigenvalue weighted by Crippen LogP contribution is -2.41. The Balaban J connectivity index is 1.45. The highest BCUT2D eigenvalue weighted by molar-refractivity contribution is 6.42. The van der Waals surface area contributed by atoms with Gasteiger partial charge in [0.05, 0.1) is 55.5 Å². The minimum Gasteiger partial charge on any atom is -0.447 e. The molecule has 2 aromatic rings. The maximum atomic E-state index is 13.3. The molecule has 1 heterocycles. The smallest absolute Gasteiger partial charge is 0.407 e. The van der Waals surface area contributed by atoms with Crippen LogP contribution in [0, 0.1) is 0 Å². The average molecular weight is 597 g/mol. The predicted octanol–water partition coefficient (Wildman–Crippen LogP) is 4.22. The topological polar surface area (TPSA) is 89.6 Å². The van der Waals surface area contributed by atoms with Gasteiger partial charge >= 0.3 is 6.09 Å². The molecule has 11 heteroatoms. The van der Waals surface area contributed by atoms with E-state index < -0.39 is 6.09 Å². The van der Waals surface area contributed by atoms with Crippen molar-refractivity contribution in [3.05, 3.63) is 69.7 Å². The molecule has 0 radical (unpaired) electrons. The number of rotatable bonds is 16. The summed E-state index contributed by atoms with van der Waals surface area (Å²) >= 11 is 12.2. The lowest BCUT2D eigenvalue weighted by atomic mass is 10.0. The second kappa shape index (κ2) is 17.4. The van der Waals surface area contributed by atoms with Crippen molar-refractivity contribution < 1.29 is 28.5 Å². The molecule has 0 spiro atoms. The molecule has 0 aliphatic carbocycles. The Labute approximate surface area is 246 Å². The zero-order chi connectivity index (χ0) is 28.7. The Kier molecular flexibility index (Phi) is 14.0. The van der Waals surface area contributed by atoms with E-state index in [2.05, 4.69) is 10.2 Å². The van der Waals surface area contributed by atoms with Gasteiger partial charge in [-0.2, -0.15) is 0 Å². The van der Waals surface area contributed by atoms with Crippen molar-refractivity contribution in [3.8, 4) is 0 Å². The van der Waals surface area contributed by atoms with Gasteiger partial charge < -0.3 is 29.2 Å². The van der Waals surface area contributed by atoms with Crippen LogP contribution in [0.25, 0.3) is 0 Å². The van der Waals surface area contributed by atoms with E-state index in [1.54, 1.807) is 24.1 Å². The van der Waals surface area contributed by atoms with Gasteiger partial charge in [0, 0.05) is 39.8 Å². The summed E-state index contributed by atoms with van der Waals surface area (Å²) in [5.74, 6) is -0.0200. The highest BCUT2D eigenvalue weighted by Crippen LogP contribution is 2.26. The molecule has 0 saturated carbocycles. The fourth-order valence-corrected chi connectivity index (χ4v) is 4.80. The van der Waals surface area contributed by atoms with Crippen LogP contribution in [0.15, 0.2) is 48.5 Å². The van der Waals surface area contributed by atoms with Crippen LogP contribution in [0.3, 0.4) is 0 Å². The number of nitrogens with zero attached hydrogens (tertiary/aromatic N) is 2. The van der Waals surface area contributed by atoms with Crippen molar-refractivity contribution >= 4 is 35.2 Å². The second-order valence-electron chi connectivity index (χ2n) is 9.60. The van der Waals surface area contributed by atoms with Gasteiger partial charge in [0.1, 0.15) is 6.61 Å². The highest BCUT2D eigenvalue weighted by Gasteiger charge is 2.30. The molecule has 1 saturated heterocycles. The molecule has 9 nitrogen and oxygen atoms in total. The van der Waals surface area contributed by atoms with E-state index in [1.165, 1.54) is 0 Å². The number of likely N-dealkylation sites (tertiary alicyclic amines) is 1. The van der Waals surface area contributed by atoms with Crippen LogP contribution in [0.1, 0.15) is 23.6 Å². The van der Waals surface area contributed by atoms with Crippen LogP contribution >= 0.6 is 23.2 Å². The summed E-state index contributed by atoms with van der Waals surface area (Å²) in [6.07, 6.45) is 0.560. The molecule has 2 aromatic carbocycles. The number of methoxy groups -OCH3 is 1. The van der Waals surface area contributed by atoms with E-state index in [4.69, 9.17) is 42.1 Å². The molecule has 1 aliphatic heterocycles. The van der Waals surface area contributed by atoms with Gasteiger partial charge in [0.25, 0.3) is 0 Å². The number of hydrogen-bond acceptors (Lipinski definition) is 7. The number of amides is 2. The van der Waals surface area contributed by atoms with Gasteiger partial charge in [0.15, 0.2) is 0 Å². The first-order chi connectivity index (χ1) is 19.4. The highest BCUT2D eigenvalue weighted by atomic mass is 35.5. The summed E-state index contributed by atoms with van der Waals surface area (Å²) in [5, 5.41) is 3.83. The predicted molar refractivity (Wildman–Crippen MR) is 155 cm³/mol. The molecule has 3 rings (SSSR count). The minimum absolute atomic E-state index is 0.0200. The van der Waals surface area contributed by atoms with Crippen molar-refractivity contribution in [1.29, 1.82) is 0 Å². The average Bonchev–Trinajstić information content (AvgIpc) is 3.39. The van der Waals surface area contributed by atoms with Crippen molar-refractivity contribution in [2.75, 3.05) is 73.4 Å². The molecule has 40 heavy (non-hydrogen) atoms. The number of nitrogens with one attached hydrogen (secondary N) is 1. The van der Waals surface area contributed by atoms with E-state index in [1.807, 2.05) is 43.4 Å². The molecule has 1 aliphatic rings. The lowest BCUT2D eigenvalue weighted by molar-refractivity contribution is -0.131. The summed E-state index contributed by atoms with van der Waals surface area (Å²) in [5.41, 5.74) is 1.86. The Bertz CT molecular complexity index is 1060. The van der Waals surface area contributed by atoms with Gasteiger partial charge in [-0.15, -0.1) is 0 Å². The third kappa shape index (κ3) is 10.9. The molecule has 2 atom stereocenters. The molecule has 220 valence electrons. The van der Waals surface area contributed by atoms with E-state index in [0.717, 1.165) is 24.1 Å². The van der Waals surface area contributed by atoms with Crippen LogP contribution in [0.2, 0.25) is 10.0 Å². The molecular formula is C29H39Cl2N3O6. The first-order valence-corrected chi connectivity index (χ1v) is 14.2. The number of halogens is 2. The van der Waals surface area contributed by atoms with Crippen molar-refractivity contribution in [2.45, 2.75) is 24.9 Å². The fraction of sp³-hybridized carbons (Fsp3) is 0.517. The fourth-order valence-electron chi connectivity index (χ4n) is 4.48. The number of likely N-dealkylation sites (N-methyl/N-ethyl adjacent to an activating group) is 1. The molecule has 1 fully saturated rings. The summed E-state index contributed by atoms with van der Waals surface area (Å²) in [6, 6.07) is 15.0. The van der Waals surface area contributed by atoms with E-state index in [9.17, 15) is 9.59 Å². The van der Waals surface area contributed by atoms with E-state index in [0.29, 0.717) is 56.2 Å². The summed E-state index contributed by atoms with van der Waals surface area (Å²) < 4.78 is 20.9. The Morgan fingerprint density at radius 3 is 2.40 bits per heavy atom. The number of ether oxygens (including phenoxy) is 4.